The molecule has 0 radical (unpaired) electrons. The normalized spacial score (nSPS) is 12.7. The molecule has 1 N–H and O–H groups in total. The maximum Gasteiger partial charge on any atom is 0.123 e. The number of aliphatic hydroxyl groups is 1. The van der Waals surface area contributed by atoms with Crippen LogP contribution < -0.4 is 0 Å². The SMILES string of the molecule is O[C@H](CSCc1cnc2sccc2c1)c1ccccc1. The maximum atomic E-state index is 10.1. The Balaban J connectivity index is 1.57. The third-order valence-corrected chi connectivity index (χ3v) is 5.02. The van der Waals surface area contributed by atoms with Gasteiger partial charge in [0.1, 0.15) is 4.83 Å². The molecule has 0 unspecified atom stereocenters. The Morgan fingerprint density at radius 3 is 2.90 bits per heavy atom. The topological polar surface area (TPSA) is 33.1 Å². The summed E-state index contributed by atoms with van der Waals surface area (Å²) in [7, 11) is 0. The average molecular weight is 301 g/mol. The molecular formula is C16H15NOS2. The zero-order chi connectivity index (χ0) is 13.8. The van der Waals surface area contributed by atoms with Crippen LogP contribution in [0.15, 0.2) is 54.0 Å². The van der Waals surface area contributed by atoms with Crippen LogP contribution in [0.3, 0.4) is 0 Å². The van der Waals surface area contributed by atoms with E-state index in [1.54, 1.807) is 23.1 Å². The lowest BCUT2D eigenvalue weighted by molar-refractivity contribution is 0.204. The van der Waals surface area contributed by atoms with E-state index in [-0.39, 0.29) is 0 Å². The second-order valence-corrected chi connectivity index (χ2v) is 6.52. The van der Waals surface area contributed by atoms with Gasteiger partial charge in [-0.15, -0.1) is 11.3 Å². The molecule has 20 heavy (non-hydrogen) atoms. The second-order valence-electron chi connectivity index (χ2n) is 4.60. The van der Waals surface area contributed by atoms with Gasteiger partial charge >= 0.3 is 0 Å². The summed E-state index contributed by atoms with van der Waals surface area (Å²) in [4.78, 5) is 5.53. The van der Waals surface area contributed by atoms with E-state index in [4.69, 9.17) is 0 Å². The number of hydrogen-bond acceptors (Lipinski definition) is 4. The Bertz CT molecular complexity index is 681. The van der Waals surface area contributed by atoms with Gasteiger partial charge in [0.25, 0.3) is 0 Å². The van der Waals surface area contributed by atoms with Crippen LogP contribution in [0.4, 0.5) is 0 Å². The van der Waals surface area contributed by atoms with Gasteiger partial charge in [-0.2, -0.15) is 11.8 Å². The number of benzene rings is 1. The van der Waals surface area contributed by atoms with Crippen molar-refractivity contribution >= 4 is 33.3 Å². The second kappa shape index (κ2) is 6.39. The summed E-state index contributed by atoms with van der Waals surface area (Å²) in [5.41, 5.74) is 2.19. The molecule has 2 nitrogen and oxygen atoms in total. The quantitative estimate of drug-likeness (QED) is 0.764. The Kier molecular flexibility index (Phi) is 4.35. The van der Waals surface area contributed by atoms with E-state index >= 15 is 0 Å². The summed E-state index contributed by atoms with van der Waals surface area (Å²) in [6, 6.07) is 14.1. The zero-order valence-electron chi connectivity index (χ0n) is 10.9. The van der Waals surface area contributed by atoms with Gasteiger partial charge in [0, 0.05) is 23.1 Å². The minimum Gasteiger partial charge on any atom is -0.388 e. The van der Waals surface area contributed by atoms with Crippen LogP contribution in [-0.4, -0.2) is 15.8 Å². The fourth-order valence-corrected chi connectivity index (χ4v) is 3.69. The van der Waals surface area contributed by atoms with Gasteiger partial charge in [0.2, 0.25) is 0 Å². The average Bonchev–Trinajstić information content (AvgIpc) is 2.95. The van der Waals surface area contributed by atoms with Gasteiger partial charge in [0.05, 0.1) is 6.10 Å². The van der Waals surface area contributed by atoms with E-state index in [0.29, 0.717) is 5.75 Å². The molecule has 0 saturated carbocycles. The number of aliphatic hydroxyl groups excluding tert-OH is 1. The van der Waals surface area contributed by atoms with Crippen LogP contribution in [0.25, 0.3) is 10.2 Å². The molecule has 2 aromatic heterocycles. The van der Waals surface area contributed by atoms with Crippen molar-refractivity contribution < 1.29 is 5.11 Å². The Hall–Kier alpha value is -1.36. The van der Waals surface area contributed by atoms with Crippen molar-refractivity contribution in [3.8, 4) is 0 Å². The van der Waals surface area contributed by atoms with Crippen LogP contribution in [0.1, 0.15) is 17.2 Å². The number of rotatable bonds is 5. The predicted molar refractivity (Wildman–Crippen MR) is 87.2 cm³/mol. The summed E-state index contributed by atoms with van der Waals surface area (Å²) < 4.78 is 0. The van der Waals surface area contributed by atoms with E-state index in [1.165, 1.54) is 10.9 Å². The van der Waals surface area contributed by atoms with Gasteiger partial charge in [-0.3, -0.25) is 0 Å². The molecule has 3 rings (SSSR count). The minimum atomic E-state index is -0.404. The molecule has 0 aliphatic carbocycles. The highest BCUT2D eigenvalue weighted by atomic mass is 32.2. The fraction of sp³-hybridized carbons (Fsp3) is 0.188. The molecule has 2 heterocycles. The van der Waals surface area contributed by atoms with Gasteiger partial charge in [-0.25, -0.2) is 4.98 Å². The predicted octanol–water partition coefficient (Wildman–Crippen LogP) is 4.26. The zero-order valence-corrected chi connectivity index (χ0v) is 12.5. The largest absolute Gasteiger partial charge is 0.388 e. The Labute approximate surface area is 126 Å². The lowest BCUT2D eigenvalue weighted by Crippen LogP contribution is -2.00. The van der Waals surface area contributed by atoms with Crippen molar-refractivity contribution in [2.24, 2.45) is 0 Å². The van der Waals surface area contributed by atoms with Crippen LogP contribution >= 0.6 is 23.1 Å². The molecule has 0 aliphatic rings. The maximum absolute atomic E-state index is 10.1. The molecule has 4 heteroatoms. The lowest BCUT2D eigenvalue weighted by Gasteiger charge is -2.10. The first-order chi connectivity index (χ1) is 9.83. The number of hydrogen-bond donors (Lipinski definition) is 1. The summed E-state index contributed by atoms with van der Waals surface area (Å²) in [6.45, 7) is 0. The first-order valence-corrected chi connectivity index (χ1v) is 8.49. The smallest absolute Gasteiger partial charge is 0.123 e. The first-order valence-electron chi connectivity index (χ1n) is 6.46. The molecule has 0 aliphatic heterocycles. The summed E-state index contributed by atoms with van der Waals surface area (Å²) in [5, 5.41) is 13.4. The Morgan fingerprint density at radius 1 is 1.20 bits per heavy atom. The van der Waals surface area contributed by atoms with Crippen LogP contribution in [0, 0.1) is 0 Å². The summed E-state index contributed by atoms with van der Waals surface area (Å²) in [5.74, 6) is 1.58. The van der Waals surface area contributed by atoms with Crippen molar-refractivity contribution in [3.05, 3.63) is 65.2 Å². The summed E-state index contributed by atoms with van der Waals surface area (Å²) >= 11 is 3.40. The molecule has 1 aromatic carbocycles. The molecule has 102 valence electrons. The van der Waals surface area contributed by atoms with E-state index in [0.717, 1.165) is 16.1 Å². The minimum absolute atomic E-state index is 0.404. The summed E-state index contributed by atoms with van der Waals surface area (Å²) in [6.07, 6.45) is 1.53. The highest BCUT2D eigenvalue weighted by Gasteiger charge is 2.07. The van der Waals surface area contributed by atoms with Crippen LogP contribution in [0.5, 0.6) is 0 Å². The van der Waals surface area contributed by atoms with Crippen LogP contribution in [-0.2, 0) is 5.75 Å². The van der Waals surface area contributed by atoms with Gasteiger partial charge in [-0.1, -0.05) is 30.3 Å². The van der Waals surface area contributed by atoms with Gasteiger partial charge in [-0.05, 0) is 28.6 Å². The lowest BCUT2D eigenvalue weighted by atomic mass is 10.1. The molecular weight excluding hydrogens is 286 g/mol. The van der Waals surface area contributed by atoms with Crippen molar-refractivity contribution in [3.63, 3.8) is 0 Å². The third kappa shape index (κ3) is 3.20. The van der Waals surface area contributed by atoms with Crippen LogP contribution in [0.2, 0.25) is 0 Å². The van der Waals surface area contributed by atoms with E-state index < -0.39 is 6.10 Å². The number of aromatic nitrogens is 1. The fourth-order valence-electron chi connectivity index (χ4n) is 2.04. The molecule has 0 saturated heterocycles. The van der Waals surface area contributed by atoms with E-state index in [1.807, 2.05) is 36.5 Å². The molecule has 3 aromatic rings. The van der Waals surface area contributed by atoms with E-state index in [9.17, 15) is 5.11 Å². The molecule has 0 spiro atoms. The van der Waals surface area contributed by atoms with Crippen molar-refractivity contribution in [1.82, 2.24) is 4.98 Å². The van der Waals surface area contributed by atoms with Gasteiger partial charge in [0.15, 0.2) is 0 Å². The van der Waals surface area contributed by atoms with Crippen molar-refractivity contribution in [1.29, 1.82) is 0 Å². The number of fused-ring (bicyclic) bond motifs is 1. The van der Waals surface area contributed by atoms with E-state index in [2.05, 4.69) is 22.5 Å². The number of thioether (sulfide) groups is 1. The van der Waals surface area contributed by atoms with Crippen molar-refractivity contribution in [2.45, 2.75) is 11.9 Å². The third-order valence-electron chi connectivity index (χ3n) is 3.09. The number of thiophene rings is 1. The number of pyridine rings is 1. The Morgan fingerprint density at radius 2 is 2.05 bits per heavy atom. The first kappa shape index (κ1) is 13.6. The molecule has 0 bridgehead atoms. The number of nitrogens with zero attached hydrogens (tertiary/aromatic N) is 1. The monoisotopic (exact) mass is 301 g/mol. The van der Waals surface area contributed by atoms with Gasteiger partial charge < -0.3 is 5.11 Å². The molecule has 1 atom stereocenters. The highest BCUT2D eigenvalue weighted by Crippen LogP contribution is 2.24. The standard InChI is InChI=1S/C16H15NOS2/c18-15(13-4-2-1-3-5-13)11-19-10-12-8-14-6-7-20-16(14)17-9-12/h1-9,15,18H,10-11H2/t15-/m1/s1. The molecule has 0 amide bonds. The van der Waals surface area contributed by atoms with Crippen molar-refractivity contribution in [2.75, 3.05) is 5.75 Å². The highest BCUT2D eigenvalue weighted by molar-refractivity contribution is 7.98. The molecule has 0 fully saturated rings.